The van der Waals surface area contributed by atoms with Crippen LogP contribution >= 0.6 is 0 Å². The second-order valence-corrected chi connectivity index (χ2v) is 4.80. The summed E-state index contributed by atoms with van der Waals surface area (Å²) in [7, 11) is 1.29. The van der Waals surface area contributed by atoms with Crippen LogP contribution in [0.15, 0.2) is 48.5 Å². The molecule has 0 unspecified atom stereocenters. The Morgan fingerprint density at radius 1 is 1.13 bits per heavy atom. The van der Waals surface area contributed by atoms with Gasteiger partial charge in [-0.3, -0.25) is 4.79 Å². The Morgan fingerprint density at radius 3 is 2.57 bits per heavy atom. The SMILES string of the molecule is COC(=O)c1ccc(N)c(OCC(=O)NCc2ccccc2)c1. The first-order valence-electron chi connectivity index (χ1n) is 7.01. The third-order valence-electron chi connectivity index (χ3n) is 3.13. The second kappa shape index (κ2) is 7.84. The van der Waals surface area contributed by atoms with Gasteiger partial charge in [0.2, 0.25) is 0 Å². The lowest BCUT2D eigenvalue weighted by Gasteiger charge is -2.10. The van der Waals surface area contributed by atoms with E-state index in [1.165, 1.54) is 25.3 Å². The summed E-state index contributed by atoms with van der Waals surface area (Å²) in [6.07, 6.45) is 0. The number of anilines is 1. The fourth-order valence-electron chi connectivity index (χ4n) is 1.90. The van der Waals surface area contributed by atoms with Gasteiger partial charge in [0.25, 0.3) is 5.91 Å². The first-order valence-corrected chi connectivity index (χ1v) is 7.01. The van der Waals surface area contributed by atoms with Gasteiger partial charge in [0.05, 0.1) is 18.4 Å². The summed E-state index contributed by atoms with van der Waals surface area (Å²) < 4.78 is 10.0. The van der Waals surface area contributed by atoms with Crippen LogP contribution in [-0.4, -0.2) is 25.6 Å². The third kappa shape index (κ3) is 4.74. The summed E-state index contributed by atoms with van der Waals surface area (Å²) in [5.74, 6) is -0.511. The van der Waals surface area contributed by atoms with Gasteiger partial charge in [-0.2, -0.15) is 0 Å². The average molecular weight is 314 g/mol. The van der Waals surface area contributed by atoms with Gasteiger partial charge in [0, 0.05) is 6.54 Å². The summed E-state index contributed by atoms with van der Waals surface area (Å²) in [5.41, 5.74) is 7.42. The number of nitrogen functional groups attached to an aromatic ring is 1. The van der Waals surface area contributed by atoms with Gasteiger partial charge in [-0.1, -0.05) is 30.3 Å². The van der Waals surface area contributed by atoms with Crippen LogP contribution in [0, 0.1) is 0 Å². The van der Waals surface area contributed by atoms with Crippen LogP contribution in [0.2, 0.25) is 0 Å². The molecule has 0 atom stereocenters. The van der Waals surface area contributed by atoms with Crippen LogP contribution in [0.3, 0.4) is 0 Å². The summed E-state index contributed by atoms with van der Waals surface area (Å²) in [4.78, 5) is 23.3. The number of nitrogens with two attached hydrogens (primary N) is 1. The summed E-state index contributed by atoms with van der Waals surface area (Å²) in [6, 6.07) is 14.1. The molecule has 0 aromatic heterocycles. The molecule has 2 aromatic carbocycles. The summed E-state index contributed by atoms with van der Waals surface area (Å²) in [6.45, 7) is 0.225. The maximum Gasteiger partial charge on any atom is 0.337 e. The van der Waals surface area contributed by atoms with E-state index in [1.54, 1.807) is 0 Å². The van der Waals surface area contributed by atoms with Crippen molar-refractivity contribution in [2.24, 2.45) is 0 Å². The lowest BCUT2D eigenvalue weighted by molar-refractivity contribution is -0.123. The smallest absolute Gasteiger partial charge is 0.337 e. The van der Waals surface area contributed by atoms with Crippen LogP contribution in [0.4, 0.5) is 5.69 Å². The van der Waals surface area contributed by atoms with Crippen molar-refractivity contribution in [3.8, 4) is 5.75 Å². The summed E-state index contributed by atoms with van der Waals surface area (Å²) in [5, 5.41) is 2.74. The minimum Gasteiger partial charge on any atom is -0.482 e. The molecule has 0 heterocycles. The number of hydrogen-bond acceptors (Lipinski definition) is 5. The van der Waals surface area contributed by atoms with Gasteiger partial charge in [-0.15, -0.1) is 0 Å². The molecule has 6 nitrogen and oxygen atoms in total. The van der Waals surface area contributed by atoms with Gasteiger partial charge < -0.3 is 20.5 Å². The largest absolute Gasteiger partial charge is 0.482 e. The minimum absolute atomic E-state index is 0.193. The highest BCUT2D eigenvalue weighted by atomic mass is 16.5. The number of carbonyl (C=O) groups is 2. The fraction of sp³-hybridized carbons (Fsp3) is 0.176. The number of rotatable bonds is 6. The zero-order valence-corrected chi connectivity index (χ0v) is 12.7. The van der Waals surface area contributed by atoms with E-state index in [1.807, 2.05) is 30.3 Å². The molecule has 0 saturated carbocycles. The van der Waals surface area contributed by atoms with Crippen molar-refractivity contribution >= 4 is 17.6 Å². The van der Waals surface area contributed by atoms with Crippen molar-refractivity contribution in [2.45, 2.75) is 6.54 Å². The third-order valence-corrected chi connectivity index (χ3v) is 3.13. The quantitative estimate of drug-likeness (QED) is 0.626. The molecule has 0 aliphatic rings. The predicted molar refractivity (Wildman–Crippen MR) is 86.0 cm³/mol. The van der Waals surface area contributed by atoms with E-state index in [0.29, 0.717) is 17.8 Å². The van der Waals surface area contributed by atoms with Crippen LogP contribution in [0.25, 0.3) is 0 Å². The highest BCUT2D eigenvalue weighted by Gasteiger charge is 2.10. The van der Waals surface area contributed by atoms with Gasteiger partial charge in [-0.25, -0.2) is 4.79 Å². The topological polar surface area (TPSA) is 90.7 Å². The van der Waals surface area contributed by atoms with E-state index >= 15 is 0 Å². The minimum atomic E-state index is -0.497. The monoisotopic (exact) mass is 314 g/mol. The van der Waals surface area contributed by atoms with Crippen LogP contribution in [-0.2, 0) is 16.1 Å². The molecule has 1 amide bonds. The van der Waals surface area contributed by atoms with E-state index in [4.69, 9.17) is 10.5 Å². The number of ether oxygens (including phenoxy) is 2. The molecule has 3 N–H and O–H groups in total. The Morgan fingerprint density at radius 2 is 1.87 bits per heavy atom. The molecule has 0 radical (unpaired) electrons. The fourth-order valence-corrected chi connectivity index (χ4v) is 1.90. The predicted octanol–water partition coefficient (Wildman–Crippen LogP) is 1.75. The zero-order valence-electron chi connectivity index (χ0n) is 12.7. The van der Waals surface area contributed by atoms with Gasteiger partial charge in [-0.05, 0) is 23.8 Å². The number of benzene rings is 2. The van der Waals surface area contributed by atoms with Crippen LogP contribution < -0.4 is 15.8 Å². The van der Waals surface area contributed by atoms with Crippen LogP contribution in [0.5, 0.6) is 5.75 Å². The van der Waals surface area contributed by atoms with Gasteiger partial charge in [0.1, 0.15) is 5.75 Å². The van der Waals surface area contributed by atoms with Crippen molar-refractivity contribution in [1.29, 1.82) is 0 Å². The summed E-state index contributed by atoms with van der Waals surface area (Å²) >= 11 is 0. The number of carbonyl (C=O) groups excluding carboxylic acids is 2. The number of amides is 1. The normalized spacial score (nSPS) is 9.96. The molecule has 2 rings (SSSR count). The second-order valence-electron chi connectivity index (χ2n) is 4.80. The molecule has 0 aliphatic carbocycles. The zero-order chi connectivity index (χ0) is 16.7. The maximum atomic E-state index is 11.8. The maximum absolute atomic E-state index is 11.8. The molecule has 0 bridgehead atoms. The lowest BCUT2D eigenvalue weighted by Crippen LogP contribution is -2.28. The van der Waals surface area contributed by atoms with Crippen molar-refractivity contribution in [1.82, 2.24) is 5.32 Å². The van der Waals surface area contributed by atoms with Crippen molar-refractivity contribution < 1.29 is 19.1 Å². The van der Waals surface area contributed by atoms with E-state index in [-0.39, 0.29) is 18.3 Å². The Balaban J connectivity index is 1.89. The Labute approximate surface area is 134 Å². The highest BCUT2D eigenvalue weighted by Crippen LogP contribution is 2.23. The van der Waals surface area contributed by atoms with Crippen molar-refractivity contribution in [3.63, 3.8) is 0 Å². The Kier molecular flexibility index (Phi) is 5.57. The molecule has 0 fully saturated rings. The van der Waals surface area contributed by atoms with E-state index in [0.717, 1.165) is 5.56 Å². The molecule has 6 heteroatoms. The lowest BCUT2D eigenvalue weighted by atomic mass is 10.2. The molecule has 120 valence electrons. The molecular weight excluding hydrogens is 296 g/mol. The number of hydrogen-bond donors (Lipinski definition) is 2. The van der Waals surface area contributed by atoms with Crippen molar-refractivity contribution in [3.05, 3.63) is 59.7 Å². The standard InChI is InChI=1S/C17H18N2O4/c1-22-17(21)13-7-8-14(18)15(9-13)23-11-16(20)19-10-12-5-3-2-4-6-12/h2-9H,10-11,18H2,1H3,(H,19,20). The molecule has 23 heavy (non-hydrogen) atoms. The molecular formula is C17H18N2O4. The van der Waals surface area contributed by atoms with Gasteiger partial charge >= 0.3 is 5.97 Å². The highest BCUT2D eigenvalue weighted by molar-refractivity contribution is 5.90. The first kappa shape index (κ1) is 16.4. The van der Waals surface area contributed by atoms with E-state index in [9.17, 15) is 9.59 Å². The molecule has 2 aromatic rings. The molecule has 0 spiro atoms. The molecule has 0 saturated heterocycles. The van der Waals surface area contributed by atoms with E-state index < -0.39 is 5.97 Å². The van der Waals surface area contributed by atoms with Crippen molar-refractivity contribution in [2.75, 3.05) is 19.5 Å². The number of methoxy groups -OCH3 is 1. The molecule has 0 aliphatic heterocycles. The van der Waals surface area contributed by atoms with Crippen LogP contribution in [0.1, 0.15) is 15.9 Å². The first-order chi connectivity index (χ1) is 11.1. The number of esters is 1. The number of nitrogens with one attached hydrogen (secondary N) is 1. The Hall–Kier alpha value is -3.02. The van der Waals surface area contributed by atoms with Gasteiger partial charge in [0.15, 0.2) is 6.61 Å². The Bertz CT molecular complexity index is 686. The average Bonchev–Trinajstić information content (AvgIpc) is 2.59. The van der Waals surface area contributed by atoms with E-state index in [2.05, 4.69) is 10.1 Å².